The second-order valence-electron chi connectivity index (χ2n) is 3.60. The van der Waals surface area contributed by atoms with Gasteiger partial charge in [0, 0.05) is 11.3 Å². The Kier molecular flexibility index (Phi) is 4.25. The number of halogens is 1. The molecule has 2 heterocycles. The van der Waals surface area contributed by atoms with E-state index in [2.05, 4.69) is 16.5 Å². The molecule has 6 heteroatoms. The van der Waals surface area contributed by atoms with Crippen LogP contribution in [0.3, 0.4) is 0 Å². The average Bonchev–Trinajstić information content (AvgIpc) is 2.88. The molecule has 0 atom stereocenters. The number of carbonyl (C=O) groups excluding carboxylic acids is 1. The molecule has 0 aliphatic rings. The van der Waals surface area contributed by atoms with Gasteiger partial charge >= 0.3 is 0 Å². The normalized spacial score (nSPS) is 10.7. The summed E-state index contributed by atoms with van der Waals surface area (Å²) in [6.45, 7) is 2.06. The van der Waals surface area contributed by atoms with Crippen LogP contribution >= 0.6 is 34.5 Å². The van der Waals surface area contributed by atoms with Crippen molar-refractivity contribution in [2.75, 3.05) is 0 Å². The third kappa shape index (κ3) is 3.12. The highest BCUT2D eigenvalue weighted by atomic mass is 35.5. The Morgan fingerprint density at radius 1 is 1.47 bits per heavy atom. The number of nitrogens with zero attached hydrogens (tertiary/aromatic N) is 2. The Labute approximate surface area is 113 Å². The maximum Gasteiger partial charge on any atom is 0.181 e. The Morgan fingerprint density at radius 2 is 2.29 bits per heavy atom. The minimum atomic E-state index is 0.0852. The van der Waals surface area contributed by atoms with Gasteiger partial charge in [0.2, 0.25) is 0 Å². The molecule has 17 heavy (non-hydrogen) atoms. The zero-order chi connectivity index (χ0) is 12.3. The molecular formula is C11H11ClN2OS2. The van der Waals surface area contributed by atoms with Gasteiger partial charge in [0.1, 0.15) is 4.88 Å². The number of carbonyl (C=O) groups is 1. The van der Waals surface area contributed by atoms with E-state index in [1.807, 2.05) is 12.1 Å². The zero-order valence-electron chi connectivity index (χ0n) is 9.27. The van der Waals surface area contributed by atoms with Crippen molar-refractivity contribution in [2.45, 2.75) is 26.2 Å². The largest absolute Gasteiger partial charge is 0.293 e. The summed E-state index contributed by atoms with van der Waals surface area (Å²) in [4.78, 5) is 13.7. The van der Waals surface area contributed by atoms with Crippen molar-refractivity contribution in [3.8, 4) is 0 Å². The summed E-state index contributed by atoms with van der Waals surface area (Å²) in [7, 11) is 0. The molecule has 0 spiro atoms. The zero-order valence-corrected chi connectivity index (χ0v) is 11.7. The first kappa shape index (κ1) is 12.7. The van der Waals surface area contributed by atoms with Crippen LogP contribution in [0.4, 0.5) is 0 Å². The molecule has 3 nitrogen and oxygen atoms in total. The molecular weight excluding hydrogens is 276 g/mol. The molecule has 2 aromatic rings. The number of aromatic nitrogens is 2. The average molecular weight is 287 g/mol. The number of hydrogen-bond donors (Lipinski definition) is 0. The highest BCUT2D eigenvalue weighted by molar-refractivity contribution is 7.16. The first-order valence-corrected chi connectivity index (χ1v) is 7.26. The molecule has 0 N–H and O–H groups in total. The predicted octanol–water partition coefficient (Wildman–Crippen LogP) is 3.63. The van der Waals surface area contributed by atoms with Crippen LogP contribution in [0.5, 0.6) is 0 Å². The summed E-state index contributed by atoms with van der Waals surface area (Å²) in [5, 5.41) is 4.00. The van der Waals surface area contributed by atoms with Gasteiger partial charge in [-0.05, 0) is 30.1 Å². The molecule has 0 fully saturated rings. The molecule has 2 rings (SSSR count). The summed E-state index contributed by atoms with van der Waals surface area (Å²) in [6.07, 6.45) is 2.16. The number of hydrogen-bond acceptors (Lipinski definition) is 5. The lowest BCUT2D eigenvalue weighted by Crippen LogP contribution is -2.03. The minimum Gasteiger partial charge on any atom is -0.293 e. The number of aryl methyl sites for hydroxylation is 1. The lowest BCUT2D eigenvalue weighted by Gasteiger charge is -1.97. The number of Topliss-reactive ketones (excluding diaryl/α,β-unsaturated/α-hetero) is 1. The van der Waals surface area contributed by atoms with Crippen LogP contribution in [0.1, 0.15) is 33.6 Å². The maximum atomic E-state index is 12.1. The molecule has 0 aliphatic heterocycles. The number of rotatable bonds is 5. The molecule has 90 valence electrons. The Morgan fingerprint density at radius 3 is 2.94 bits per heavy atom. The van der Waals surface area contributed by atoms with Crippen LogP contribution in [0.15, 0.2) is 12.1 Å². The fourth-order valence-electron chi connectivity index (χ4n) is 1.51. The Balaban J connectivity index is 2.11. The van der Waals surface area contributed by atoms with Crippen LogP contribution in [0.2, 0.25) is 4.34 Å². The summed E-state index contributed by atoms with van der Waals surface area (Å²) in [5.74, 6) is 0.0852. The van der Waals surface area contributed by atoms with Gasteiger partial charge < -0.3 is 0 Å². The van der Waals surface area contributed by atoms with Crippen LogP contribution in [-0.2, 0) is 12.8 Å². The first-order valence-electron chi connectivity index (χ1n) is 5.29. The van der Waals surface area contributed by atoms with Gasteiger partial charge in [0.05, 0.1) is 10.0 Å². The van der Waals surface area contributed by atoms with Crippen LogP contribution in [0.25, 0.3) is 0 Å². The quantitative estimate of drug-likeness (QED) is 0.788. The molecule has 0 amide bonds. The lowest BCUT2D eigenvalue weighted by molar-refractivity contribution is 0.0996. The molecule has 0 saturated heterocycles. The van der Waals surface area contributed by atoms with Gasteiger partial charge in [-0.2, -0.15) is 0 Å². The van der Waals surface area contributed by atoms with Gasteiger partial charge in [-0.1, -0.05) is 29.4 Å². The third-order valence-electron chi connectivity index (χ3n) is 2.26. The van der Waals surface area contributed by atoms with E-state index in [-0.39, 0.29) is 5.78 Å². The number of thiophene rings is 1. The van der Waals surface area contributed by atoms with E-state index in [0.717, 1.165) is 23.4 Å². The van der Waals surface area contributed by atoms with Crippen molar-refractivity contribution < 1.29 is 4.79 Å². The second-order valence-corrected chi connectivity index (χ2v) is 6.16. The summed E-state index contributed by atoms with van der Waals surface area (Å²) in [6, 6.07) is 3.70. The summed E-state index contributed by atoms with van der Waals surface area (Å²) < 4.78 is 4.57. The topological polar surface area (TPSA) is 42.9 Å². The van der Waals surface area contributed by atoms with E-state index in [9.17, 15) is 4.79 Å². The Hall–Kier alpha value is -0.780. The van der Waals surface area contributed by atoms with E-state index in [1.54, 1.807) is 0 Å². The molecule has 0 bridgehead atoms. The van der Waals surface area contributed by atoms with E-state index in [4.69, 9.17) is 11.6 Å². The van der Waals surface area contributed by atoms with Crippen molar-refractivity contribution in [1.29, 1.82) is 0 Å². The molecule has 2 aromatic heterocycles. The van der Waals surface area contributed by atoms with Crippen LogP contribution in [0, 0.1) is 0 Å². The van der Waals surface area contributed by atoms with E-state index in [0.29, 0.717) is 15.6 Å². The lowest BCUT2D eigenvalue weighted by atomic mass is 10.1. The molecule has 0 unspecified atom stereocenters. The maximum absolute atomic E-state index is 12.1. The Bertz CT molecular complexity index is 521. The van der Waals surface area contributed by atoms with Crippen molar-refractivity contribution in [2.24, 2.45) is 0 Å². The van der Waals surface area contributed by atoms with Crippen molar-refractivity contribution in [3.63, 3.8) is 0 Å². The van der Waals surface area contributed by atoms with E-state index in [1.165, 1.54) is 22.9 Å². The van der Waals surface area contributed by atoms with Gasteiger partial charge in [0.25, 0.3) is 0 Å². The summed E-state index contributed by atoms with van der Waals surface area (Å²) in [5.41, 5.74) is 0.824. The fraction of sp³-hybridized carbons (Fsp3) is 0.364. The smallest absolute Gasteiger partial charge is 0.181 e. The minimum absolute atomic E-state index is 0.0852. The highest BCUT2D eigenvalue weighted by Gasteiger charge is 2.16. The fourth-order valence-corrected chi connectivity index (χ4v) is 3.24. The van der Waals surface area contributed by atoms with Crippen LogP contribution in [-0.4, -0.2) is 15.4 Å². The van der Waals surface area contributed by atoms with Gasteiger partial charge in [-0.3, -0.25) is 4.79 Å². The monoisotopic (exact) mass is 286 g/mol. The third-order valence-corrected chi connectivity index (χ3v) is 4.30. The molecule has 0 aliphatic carbocycles. The molecule has 0 saturated carbocycles. The standard InChI is InChI=1S/C11H11ClN2OS2/c1-2-3-8-11(17-14-13-8)9(15)6-7-4-5-10(12)16-7/h4-5H,2-3,6H2,1H3. The molecule has 0 radical (unpaired) electrons. The van der Waals surface area contributed by atoms with Gasteiger partial charge in [0.15, 0.2) is 5.78 Å². The van der Waals surface area contributed by atoms with E-state index >= 15 is 0 Å². The second kappa shape index (κ2) is 5.71. The van der Waals surface area contributed by atoms with E-state index < -0.39 is 0 Å². The van der Waals surface area contributed by atoms with Gasteiger partial charge in [-0.15, -0.1) is 16.4 Å². The molecule has 0 aromatic carbocycles. The van der Waals surface area contributed by atoms with Gasteiger partial charge in [-0.25, -0.2) is 0 Å². The SMILES string of the molecule is CCCc1nnsc1C(=O)Cc1ccc(Cl)s1. The van der Waals surface area contributed by atoms with Crippen LogP contribution < -0.4 is 0 Å². The summed E-state index contributed by atoms with van der Waals surface area (Å²) >= 11 is 8.46. The number of ketones is 1. The first-order chi connectivity index (χ1) is 8.20. The van der Waals surface area contributed by atoms with Crippen molar-refractivity contribution in [3.05, 3.63) is 31.9 Å². The highest BCUT2D eigenvalue weighted by Crippen LogP contribution is 2.24. The van der Waals surface area contributed by atoms with Crippen molar-refractivity contribution >= 4 is 40.3 Å². The predicted molar refractivity (Wildman–Crippen MR) is 71.3 cm³/mol. The van der Waals surface area contributed by atoms with Crippen molar-refractivity contribution in [1.82, 2.24) is 9.59 Å².